The molecule has 85 heavy (non-hydrogen) atoms. The number of benzene rings is 5. The molecular weight excluding hydrogens is 1170 g/mol. The van der Waals surface area contributed by atoms with Gasteiger partial charge in [-0.05, 0) is 124 Å². The molecule has 3 aromatic heterocycles. The van der Waals surface area contributed by atoms with E-state index in [0.29, 0.717) is 70.2 Å². The molecule has 0 saturated carbocycles. The van der Waals surface area contributed by atoms with Crippen LogP contribution in [0, 0.1) is 0 Å². The molecule has 448 valence electrons. The highest BCUT2D eigenvalue weighted by Gasteiger charge is 2.47. The third kappa shape index (κ3) is 14.1. The summed E-state index contributed by atoms with van der Waals surface area (Å²) >= 11 is 25.4. The van der Waals surface area contributed by atoms with Gasteiger partial charge in [0.1, 0.15) is 81.6 Å². The molecule has 4 aliphatic rings. The van der Waals surface area contributed by atoms with Gasteiger partial charge in [0.2, 0.25) is 11.6 Å². The first-order chi connectivity index (χ1) is 41.2. The van der Waals surface area contributed by atoms with Crippen LogP contribution in [-0.4, -0.2) is 146 Å². The zero-order valence-corrected chi connectivity index (χ0v) is 50.9. The number of anilines is 3. The van der Waals surface area contributed by atoms with E-state index in [1.165, 1.54) is 23.0 Å². The molecule has 0 amide bonds. The third-order valence-corrected chi connectivity index (χ3v) is 17.0. The molecule has 24 heteroatoms. The van der Waals surface area contributed by atoms with E-state index >= 15 is 0 Å². The molecule has 0 spiro atoms. The monoisotopic (exact) mass is 1240 g/mol. The first kappa shape index (κ1) is 60.0. The molecule has 20 nitrogen and oxygen atoms in total. The Kier molecular flexibility index (Phi) is 19.0. The van der Waals surface area contributed by atoms with Gasteiger partial charge in [0.25, 0.3) is 0 Å². The number of nitrogens with zero attached hydrogens (tertiary/aromatic N) is 13. The summed E-state index contributed by atoms with van der Waals surface area (Å²) < 4.78 is 44.0. The molecule has 0 bridgehead atoms. The fourth-order valence-corrected chi connectivity index (χ4v) is 12.1. The fraction of sp³-hybridized carbons (Fsp3) is 0.410. The topological polar surface area (TPSA) is 170 Å². The largest absolute Gasteiger partial charge is 0.491 e. The maximum absolute atomic E-state index is 12.8. The van der Waals surface area contributed by atoms with E-state index in [1.807, 2.05) is 62.4 Å². The van der Waals surface area contributed by atoms with Crippen LogP contribution in [0.3, 0.4) is 0 Å². The maximum atomic E-state index is 12.8. The van der Waals surface area contributed by atoms with Crippen molar-refractivity contribution in [1.82, 2.24) is 48.8 Å². The number of hydrogen-bond donors (Lipinski definition) is 0. The summed E-state index contributed by atoms with van der Waals surface area (Å²) in [6, 6.07) is 35.7. The highest BCUT2D eigenvalue weighted by molar-refractivity contribution is 6.35. The molecule has 0 aliphatic carbocycles. The molecule has 5 atom stereocenters. The van der Waals surface area contributed by atoms with E-state index in [4.69, 9.17) is 74.8 Å². The van der Waals surface area contributed by atoms with Crippen LogP contribution in [0.25, 0.3) is 5.69 Å². The first-order valence-corrected chi connectivity index (χ1v) is 30.2. The second-order valence-electron chi connectivity index (χ2n) is 21.7. The molecule has 0 radical (unpaired) electrons. The van der Waals surface area contributed by atoms with Gasteiger partial charge in [-0.3, -0.25) is 4.90 Å². The lowest BCUT2D eigenvalue weighted by atomic mass is 10.1. The number of hydrogen-bond acceptors (Lipinski definition) is 16. The Labute approximate surface area is 514 Å². The van der Waals surface area contributed by atoms with E-state index in [2.05, 4.69) is 95.1 Å². The Morgan fingerprint density at radius 3 is 1.38 bits per heavy atom. The number of piperazine rings is 2. The Morgan fingerprint density at radius 2 is 0.976 bits per heavy atom. The molecular formula is C61H69Cl4N13O7. The van der Waals surface area contributed by atoms with Crippen molar-refractivity contribution in [3.8, 4) is 17.2 Å². The quantitative estimate of drug-likeness (QED) is 0.0749. The number of halogens is 4. The summed E-state index contributed by atoms with van der Waals surface area (Å²) in [5.41, 5.74) is 5.55. The summed E-state index contributed by atoms with van der Waals surface area (Å²) in [5.74, 6) is -0.737. The zero-order chi connectivity index (χ0) is 59.1. The summed E-state index contributed by atoms with van der Waals surface area (Å²) in [7, 11) is 0. The maximum Gasteiger partial charge on any atom is 0.350 e. The van der Waals surface area contributed by atoms with Gasteiger partial charge in [-0.25, -0.2) is 33.4 Å². The molecule has 4 fully saturated rings. The second-order valence-corrected chi connectivity index (χ2v) is 23.4. The van der Waals surface area contributed by atoms with Crippen molar-refractivity contribution >= 4 is 63.5 Å². The highest BCUT2D eigenvalue weighted by Crippen LogP contribution is 2.42. The lowest BCUT2D eigenvalue weighted by Gasteiger charge is -2.38. The second kappa shape index (κ2) is 26.9. The van der Waals surface area contributed by atoms with E-state index in [0.717, 1.165) is 87.3 Å². The van der Waals surface area contributed by atoms with Gasteiger partial charge >= 0.3 is 5.69 Å². The molecule has 4 aliphatic heterocycles. The Hall–Kier alpha value is -6.72. The Balaban J connectivity index is 0.000000186. The van der Waals surface area contributed by atoms with Crippen molar-refractivity contribution in [2.75, 3.05) is 93.5 Å². The van der Waals surface area contributed by atoms with Gasteiger partial charge in [-0.2, -0.15) is 15.3 Å². The van der Waals surface area contributed by atoms with Gasteiger partial charge < -0.3 is 43.1 Å². The van der Waals surface area contributed by atoms with Gasteiger partial charge in [0.05, 0.1) is 35.0 Å². The van der Waals surface area contributed by atoms with Crippen LogP contribution in [-0.2, 0) is 43.6 Å². The highest BCUT2D eigenvalue weighted by atomic mass is 35.5. The molecule has 12 rings (SSSR count). The van der Waals surface area contributed by atoms with Crippen LogP contribution < -0.4 is 29.9 Å². The summed E-state index contributed by atoms with van der Waals surface area (Å²) in [6.07, 6.45) is 7.99. The van der Waals surface area contributed by atoms with Gasteiger partial charge in [-0.15, -0.1) is 0 Å². The zero-order valence-electron chi connectivity index (χ0n) is 47.9. The van der Waals surface area contributed by atoms with Crippen LogP contribution in [0.5, 0.6) is 11.5 Å². The van der Waals surface area contributed by atoms with E-state index < -0.39 is 11.6 Å². The summed E-state index contributed by atoms with van der Waals surface area (Å²) in [6.45, 7) is 18.2. The lowest BCUT2D eigenvalue weighted by molar-refractivity contribution is -0.191. The SMILES string of the molecule is CC(C)N1CCN(c2ccc(OC[C@H]3CO[C@](Cn4cncn4)(c4ccc(Cl)cc4Cl)O3)cc2)CC1.CCC(C)n1ncn(-c2ccc(N3CCN(c4ccc(OC[C@H]5CO[C@](Cn6cncn6)(c6ccc(Cl)cc6Cl)O5)cc4)CC3)cc2)c1=O. The van der Waals surface area contributed by atoms with Crippen LogP contribution in [0.15, 0.2) is 146 Å². The van der Waals surface area contributed by atoms with E-state index in [1.54, 1.807) is 57.2 Å². The fourth-order valence-electron chi connectivity index (χ4n) is 11.0. The van der Waals surface area contributed by atoms with Crippen LogP contribution >= 0.6 is 46.4 Å². The van der Waals surface area contributed by atoms with Gasteiger partial charge in [0.15, 0.2) is 0 Å². The minimum absolute atomic E-state index is 0.0645. The minimum Gasteiger partial charge on any atom is -0.491 e. The van der Waals surface area contributed by atoms with E-state index in [-0.39, 0.29) is 30.5 Å². The molecule has 5 aromatic carbocycles. The molecule has 0 N–H and O–H groups in total. The smallest absolute Gasteiger partial charge is 0.350 e. The molecule has 7 heterocycles. The summed E-state index contributed by atoms with van der Waals surface area (Å²) in [5, 5.41) is 14.7. The van der Waals surface area contributed by atoms with Crippen molar-refractivity contribution in [2.45, 2.75) is 83.1 Å². The minimum atomic E-state index is -1.16. The van der Waals surface area contributed by atoms with Gasteiger partial charge in [-0.1, -0.05) is 65.5 Å². The number of ether oxygens (including phenoxy) is 6. The number of rotatable bonds is 19. The number of aromatic nitrogens is 9. The van der Waals surface area contributed by atoms with Crippen LogP contribution in [0.2, 0.25) is 20.1 Å². The summed E-state index contributed by atoms with van der Waals surface area (Å²) in [4.78, 5) is 30.6. The van der Waals surface area contributed by atoms with Crippen LogP contribution in [0.1, 0.15) is 51.3 Å². The predicted octanol–water partition coefficient (Wildman–Crippen LogP) is 10.0. The Morgan fingerprint density at radius 1 is 0.553 bits per heavy atom. The van der Waals surface area contributed by atoms with Crippen molar-refractivity contribution in [1.29, 1.82) is 0 Å². The Bertz CT molecular complexity index is 3490. The molecule has 4 saturated heterocycles. The average Bonchev–Trinajstić information content (AvgIpc) is 2.66. The van der Waals surface area contributed by atoms with Gasteiger partial charge in [0, 0.05) is 96.6 Å². The predicted molar refractivity (Wildman–Crippen MR) is 328 cm³/mol. The lowest BCUT2D eigenvalue weighted by Crippen LogP contribution is -2.48. The first-order valence-electron chi connectivity index (χ1n) is 28.6. The molecule has 1 unspecified atom stereocenters. The van der Waals surface area contributed by atoms with E-state index in [9.17, 15) is 4.79 Å². The standard InChI is InChI=1S/C35H38Cl2N8O4.C26H31Cl2N5O3/c1-3-25(2)45-34(46)44(24-40-45)29-7-5-27(6-8-29)41-14-16-42(17-15-41)28-9-11-30(12-10-28)47-19-31-20-48-35(49-31,21-43-23-38-22-39-43)32-13-4-26(36)18-33(32)37;1-19(2)31-9-11-32(12-10-31)21-4-6-22(7-5-21)34-14-23-15-35-26(36-23,16-33-18-29-17-30-33)24-8-3-20(27)13-25(24)28/h4-13,18,22-25,31H,3,14-17,19-21H2,1-2H3;3-8,13,17-19,23H,9-12,14-16H2,1-2H3/t25?,31-,35-;23-,26-/m00/s1. The van der Waals surface area contributed by atoms with Crippen molar-refractivity contribution in [2.24, 2.45) is 0 Å². The normalized spacial score (nSPS) is 21.3. The van der Waals surface area contributed by atoms with Crippen molar-refractivity contribution < 1.29 is 28.4 Å². The van der Waals surface area contributed by atoms with Crippen molar-refractivity contribution in [3.05, 3.63) is 183 Å². The van der Waals surface area contributed by atoms with Crippen LogP contribution in [0.4, 0.5) is 17.1 Å². The average molecular weight is 1240 g/mol. The molecule has 8 aromatic rings. The van der Waals surface area contributed by atoms with Crippen molar-refractivity contribution in [3.63, 3.8) is 0 Å². The third-order valence-electron chi connectivity index (χ3n) is 15.9.